The number of alkyl halides is 3. The molecule has 1 aromatic rings. The fourth-order valence-corrected chi connectivity index (χ4v) is 1.98. The fourth-order valence-electron chi connectivity index (χ4n) is 1.98. The van der Waals surface area contributed by atoms with E-state index >= 15 is 0 Å². The summed E-state index contributed by atoms with van der Waals surface area (Å²) in [7, 11) is 0. The van der Waals surface area contributed by atoms with Gasteiger partial charge in [0, 0.05) is 12.1 Å². The van der Waals surface area contributed by atoms with Crippen LogP contribution in [-0.2, 0) is 11.7 Å². The van der Waals surface area contributed by atoms with Gasteiger partial charge in [-0.1, -0.05) is 24.3 Å². The van der Waals surface area contributed by atoms with Gasteiger partial charge in [-0.25, -0.2) is 0 Å². The van der Waals surface area contributed by atoms with Crippen LogP contribution in [0.2, 0.25) is 0 Å². The van der Waals surface area contributed by atoms with Gasteiger partial charge < -0.3 is 11.5 Å². The molecule has 0 bridgehead atoms. The Morgan fingerprint density at radius 3 is 2.56 bits per heavy atom. The van der Waals surface area contributed by atoms with Crippen molar-refractivity contribution in [3.63, 3.8) is 0 Å². The van der Waals surface area contributed by atoms with Gasteiger partial charge in [0.2, 0.25) is 0 Å². The molecule has 96 valence electrons. The summed E-state index contributed by atoms with van der Waals surface area (Å²) >= 11 is 0. The minimum Gasteiger partial charge on any atom is -0.402 e. The van der Waals surface area contributed by atoms with Crippen molar-refractivity contribution in [2.24, 2.45) is 11.5 Å². The van der Waals surface area contributed by atoms with Crippen LogP contribution in [0.5, 0.6) is 0 Å². The molecule has 0 heterocycles. The molecule has 0 aliphatic heterocycles. The highest BCUT2D eigenvalue weighted by Crippen LogP contribution is 2.34. The van der Waals surface area contributed by atoms with Crippen molar-refractivity contribution in [1.82, 2.24) is 0 Å². The van der Waals surface area contributed by atoms with Crippen molar-refractivity contribution in [1.29, 1.82) is 0 Å². The van der Waals surface area contributed by atoms with Crippen molar-refractivity contribution >= 4 is 0 Å². The van der Waals surface area contributed by atoms with Gasteiger partial charge in [0.15, 0.2) is 0 Å². The summed E-state index contributed by atoms with van der Waals surface area (Å²) in [5, 5.41) is 0. The molecule has 0 saturated carbocycles. The van der Waals surface area contributed by atoms with Crippen LogP contribution in [0.4, 0.5) is 13.2 Å². The molecule has 1 unspecified atom stereocenters. The number of hydrogen-bond acceptors (Lipinski definition) is 2. The highest BCUT2D eigenvalue weighted by molar-refractivity contribution is 5.38. The van der Waals surface area contributed by atoms with Gasteiger partial charge in [-0.2, -0.15) is 13.2 Å². The van der Waals surface area contributed by atoms with Gasteiger partial charge in [-0.05, 0) is 23.8 Å². The second-order valence-corrected chi connectivity index (χ2v) is 4.40. The van der Waals surface area contributed by atoms with E-state index < -0.39 is 17.3 Å². The molecule has 0 fully saturated rings. The number of benzene rings is 1. The van der Waals surface area contributed by atoms with Crippen LogP contribution in [0.15, 0.2) is 48.2 Å². The zero-order chi connectivity index (χ0) is 13.4. The molecule has 2 rings (SSSR count). The third kappa shape index (κ3) is 2.41. The molecular formula is C13H13F3N2. The van der Waals surface area contributed by atoms with Crippen LogP contribution in [0.1, 0.15) is 17.5 Å². The maximum absolute atomic E-state index is 12.6. The third-order valence-electron chi connectivity index (χ3n) is 2.93. The third-order valence-corrected chi connectivity index (χ3v) is 2.93. The Balaban J connectivity index is 2.41. The summed E-state index contributed by atoms with van der Waals surface area (Å²) in [6.45, 7) is 0. The number of allylic oxidation sites excluding steroid dienone is 2. The molecule has 1 aliphatic carbocycles. The molecule has 2 nitrogen and oxygen atoms in total. The van der Waals surface area contributed by atoms with Crippen LogP contribution in [0.25, 0.3) is 0 Å². The SMILES string of the molecule is NC1=CC=CC(N)(c2cccc(C(F)(F)F)c2)C1. The molecule has 5 heteroatoms. The molecule has 18 heavy (non-hydrogen) atoms. The Bertz CT molecular complexity index is 517. The van der Waals surface area contributed by atoms with Crippen LogP contribution in [0.3, 0.4) is 0 Å². The van der Waals surface area contributed by atoms with Gasteiger partial charge in [-0.3, -0.25) is 0 Å². The van der Waals surface area contributed by atoms with E-state index in [9.17, 15) is 13.2 Å². The Labute approximate surface area is 103 Å². The highest BCUT2D eigenvalue weighted by Gasteiger charge is 2.33. The summed E-state index contributed by atoms with van der Waals surface area (Å²) in [6.07, 6.45) is 0.966. The van der Waals surface area contributed by atoms with E-state index in [2.05, 4.69) is 0 Å². The van der Waals surface area contributed by atoms with Crippen molar-refractivity contribution in [2.75, 3.05) is 0 Å². The summed E-state index contributed by atoms with van der Waals surface area (Å²) in [5.41, 5.74) is 11.1. The largest absolute Gasteiger partial charge is 0.416 e. The van der Waals surface area contributed by atoms with Gasteiger partial charge in [0.05, 0.1) is 11.1 Å². The van der Waals surface area contributed by atoms with E-state index in [-0.39, 0.29) is 0 Å². The monoisotopic (exact) mass is 254 g/mol. The predicted molar refractivity (Wildman–Crippen MR) is 63.3 cm³/mol. The van der Waals surface area contributed by atoms with Crippen LogP contribution < -0.4 is 11.5 Å². The fraction of sp³-hybridized carbons (Fsp3) is 0.231. The summed E-state index contributed by atoms with van der Waals surface area (Å²) < 4.78 is 37.9. The number of rotatable bonds is 1. The van der Waals surface area contributed by atoms with Crippen LogP contribution in [-0.4, -0.2) is 0 Å². The molecule has 1 aromatic carbocycles. The Morgan fingerprint density at radius 2 is 1.94 bits per heavy atom. The second-order valence-electron chi connectivity index (χ2n) is 4.40. The van der Waals surface area contributed by atoms with E-state index in [1.54, 1.807) is 24.3 Å². The molecule has 1 atom stereocenters. The molecule has 4 N–H and O–H groups in total. The topological polar surface area (TPSA) is 52.0 Å². The molecule has 0 radical (unpaired) electrons. The Morgan fingerprint density at radius 1 is 1.22 bits per heavy atom. The summed E-state index contributed by atoms with van der Waals surface area (Å²) in [4.78, 5) is 0. The Kier molecular flexibility index (Phi) is 2.94. The average Bonchev–Trinajstić information content (AvgIpc) is 2.28. The first-order valence-electron chi connectivity index (χ1n) is 5.42. The molecule has 0 aromatic heterocycles. The zero-order valence-corrected chi connectivity index (χ0v) is 9.54. The van der Waals surface area contributed by atoms with E-state index in [0.29, 0.717) is 17.7 Å². The molecule has 0 spiro atoms. The second kappa shape index (κ2) is 4.17. The number of halogens is 3. The first-order chi connectivity index (χ1) is 8.31. The lowest BCUT2D eigenvalue weighted by Crippen LogP contribution is -2.37. The van der Waals surface area contributed by atoms with Crippen LogP contribution in [0, 0.1) is 0 Å². The standard InChI is InChI=1S/C13H13F3N2/c14-13(15,16)10-4-1-3-9(7-10)12(18)6-2-5-11(17)8-12/h1-7H,8,17-18H2. The van der Waals surface area contributed by atoms with Gasteiger partial charge in [0.25, 0.3) is 0 Å². The smallest absolute Gasteiger partial charge is 0.402 e. The number of hydrogen-bond donors (Lipinski definition) is 2. The predicted octanol–water partition coefficient (Wildman–Crippen LogP) is 2.66. The maximum atomic E-state index is 12.6. The van der Waals surface area contributed by atoms with Crippen molar-refractivity contribution in [3.8, 4) is 0 Å². The first-order valence-corrected chi connectivity index (χ1v) is 5.42. The minimum absolute atomic E-state index is 0.310. The van der Waals surface area contributed by atoms with E-state index in [1.807, 2.05) is 0 Å². The lowest BCUT2D eigenvalue weighted by Gasteiger charge is -2.29. The van der Waals surface area contributed by atoms with E-state index in [4.69, 9.17) is 11.5 Å². The van der Waals surface area contributed by atoms with Gasteiger partial charge in [-0.15, -0.1) is 0 Å². The van der Waals surface area contributed by atoms with Gasteiger partial charge in [0.1, 0.15) is 0 Å². The molecule has 0 saturated heterocycles. The first kappa shape index (κ1) is 12.7. The molecular weight excluding hydrogens is 241 g/mol. The van der Waals surface area contributed by atoms with Crippen molar-refractivity contribution < 1.29 is 13.2 Å². The van der Waals surface area contributed by atoms with Crippen LogP contribution >= 0.6 is 0 Å². The minimum atomic E-state index is -4.37. The summed E-state index contributed by atoms with van der Waals surface area (Å²) in [5.74, 6) is 0. The highest BCUT2D eigenvalue weighted by atomic mass is 19.4. The van der Waals surface area contributed by atoms with Crippen molar-refractivity contribution in [3.05, 3.63) is 59.3 Å². The zero-order valence-electron chi connectivity index (χ0n) is 9.54. The molecule has 0 amide bonds. The normalized spacial score (nSPS) is 23.9. The maximum Gasteiger partial charge on any atom is 0.416 e. The van der Waals surface area contributed by atoms with E-state index in [0.717, 1.165) is 12.1 Å². The van der Waals surface area contributed by atoms with Gasteiger partial charge >= 0.3 is 6.18 Å². The lowest BCUT2D eigenvalue weighted by atomic mass is 9.83. The van der Waals surface area contributed by atoms with Crippen molar-refractivity contribution in [2.45, 2.75) is 18.1 Å². The average molecular weight is 254 g/mol. The quantitative estimate of drug-likeness (QED) is 0.809. The lowest BCUT2D eigenvalue weighted by molar-refractivity contribution is -0.137. The van der Waals surface area contributed by atoms with E-state index in [1.165, 1.54) is 6.07 Å². The molecule has 1 aliphatic rings. The number of nitrogens with two attached hydrogens (primary N) is 2. The summed E-state index contributed by atoms with van der Waals surface area (Å²) in [6, 6.07) is 5.04. The Hall–Kier alpha value is -1.75.